The van der Waals surface area contributed by atoms with E-state index in [1.54, 1.807) is 4.90 Å². The van der Waals surface area contributed by atoms with Gasteiger partial charge in [0.1, 0.15) is 5.75 Å². The van der Waals surface area contributed by atoms with Crippen LogP contribution in [0.5, 0.6) is 0 Å². The predicted octanol–water partition coefficient (Wildman–Crippen LogP) is 0.589. The molecule has 1 amide bonds. The monoisotopic (exact) mass is 337 g/mol. The van der Waals surface area contributed by atoms with Crippen molar-refractivity contribution in [2.75, 3.05) is 37.3 Å². The van der Waals surface area contributed by atoms with Gasteiger partial charge in [0, 0.05) is 31.4 Å². The molecule has 1 N–H and O–H groups in total. The summed E-state index contributed by atoms with van der Waals surface area (Å²) in [7, 11) is -2.17. The number of carbonyl (C=O) groups is 1. The maximum atomic E-state index is 12.3. The summed E-state index contributed by atoms with van der Waals surface area (Å²) >= 11 is 0. The smallest absolute Gasteiger partial charge is 0.239 e. The number of fused-ring (bicyclic) bond motifs is 1. The molecule has 0 bridgehead atoms. The van der Waals surface area contributed by atoms with Crippen LogP contribution in [0.15, 0.2) is 24.3 Å². The summed E-state index contributed by atoms with van der Waals surface area (Å²) in [4.78, 5) is 16.4. The van der Waals surface area contributed by atoms with Gasteiger partial charge in [0.25, 0.3) is 0 Å². The van der Waals surface area contributed by atoms with E-state index in [1.807, 2.05) is 6.07 Å². The molecule has 3 rings (SSSR count). The molecule has 0 radical (unpaired) electrons. The molecule has 0 spiro atoms. The van der Waals surface area contributed by atoms with Crippen LogP contribution in [0.1, 0.15) is 18.4 Å². The third kappa shape index (κ3) is 3.50. The maximum absolute atomic E-state index is 12.3. The molecular weight excluding hydrogens is 314 g/mol. The van der Waals surface area contributed by atoms with E-state index in [0.29, 0.717) is 6.54 Å². The molecule has 2 heterocycles. The Bertz CT molecular complexity index is 690. The summed E-state index contributed by atoms with van der Waals surface area (Å²) in [6.07, 6.45) is 2.90. The zero-order valence-corrected chi connectivity index (χ0v) is 14.2. The number of carbonyl (C=O) groups excluding carboxylic acids is 1. The van der Waals surface area contributed by atoms with Crippen LogP contribution in [0, 0.1) is 0 Å². The lowest BCUT2D eigenvalue weighted by atomic mass is 10.1. The lowest BCUT2D eigenvalue weighted by molar-refractivity contribution is -0.129. The Morgan fingerprint density at radius 1 is 1.30 bits per heavy atom. The van der Waals surface area contributed by atoms with Gasteiger partial charge >= 0.3 is 0 Å². The van der Waals surface area contributed by atoms with Crippen LogP contribution < -0.4 is 9.62 Å². The first kappa shape index (κ1) is 16.3. The fourth-order valence-electron chi connectivity index (χ4n) is 3.52. The number of nitrogens with zero attached hydrogens (tertiary/aromatic N) is 2. The van der Waals surface area contributed by atoms with E-state index in [9.17, 15) is 13.2 Å². The highest BCUT2D eigenvalue weighted by Gasteiger charge is 2.33. The molecule has 1 fully saturated rings. The van der Waals surface area contributed by atoms with Crippen LogP contribution in [-0.4, -0.2) is 57.7 Å². The van der Waals surface area contributed by atoms with Crippen molar-refractivity contribution in [1.82, 2.24) is 9.62 Å². The van der Waals surface area contributed by atoms with Gasteiger partial charge in [-0.3, -0.25) is 4.79 Å². The first-order valence-corrected chi connectivity index (χ1v) is 9.69. The Kier molecular flexibility index (Phi) is 4.59. The standard InChI is InChI=1S/C16H23N3O3S/c1-17-23(21,22)12-16(20)19-9-4-6-14(19)11-18-10-8-13-5-2-3-7-15(13)18/h2-3,5,7,14,17H,4,6,8-12H2,1H3. The number of likely N-dealkylation sites (tertiary alicyclic amines) is 1. The Hall–Kier alpha value is -1.60. The van der Waals surface area contributed by atoms with E-state index in [2.05, 4.69) is 27.8 Å². The second-order valence-electron chi connectivity index (χ2n) is 6.17. The lowest BCUT2D eigenvalue weighted by Crippen LogP contribution is -2.46. The Balaban J connectivity index is 1.67. The van der Waals surface area contributed by atoms with Crippen molar-refractivity contribution >= 4 is 21.6 Å². The van der Waals surface area contributed by atoms with E-state index in [0.717, 1.165) is 32.4 Å². The van der Waals surface area contributed by atoms with Crippen molar-refractivity contribution in [2.45, 2.75) is 25.3 Å². The number of amides is 1. The van der Waals surface area contributed by atoms with Crippen molar-refractivity contribution in [1.29, 1.82) is 0 Å². The van der Waals surface area contributed by atoms with Gasteiger partial charge in [-0.2, -0.15) is 0 Å². The topological polar surface area (TPSA) is 69.7 Å². The molecule has 6 nitrogen and oxygen atoms in total. The molecule has 2 aliphatic heterocycles. The summed E-state index contributed by atoms with van der Waals surface area (Å²) in [5.74, 6) is -0.759. The van der Waals surface area contributed by atoms with E-state index in [-0.39, 0.29) is 11.9 Å². The van der Waals surface area contributed by atoms with Crippen LogP contribution in [0.2, 0.25) is 0 Å². The number of hydrogen-bond acceptors (Lipinski definition) is 4. The van der Waals surface area contributed by atoms with Gasteiger partial charge in [-0.15, -0.1) is 0 Å². The van der Waals surface area contributed by atoms with Crippen LogP contribution in [-0.2, 0) is 21.2 Å². The third-order valence-electron chi connectivity index (χ3n) is 4.74. The molecule has 126 valence electrons. The molecule has 1 saturated heterocycles. The normalized spacial score (nSPS) is 20.8. The van der Waals surface area contributed by atoms with Crippen molar-refractivity contribution in [3.8, 4) is 0 Å². The van der Waals surface area contributed by atoms with Crippen LogP contribution in [0.4, 0.5) is 5.69 Å². The van der Waals surface area contributed by atoms with E-state index < -0.39 is 15.8 Å². The SMILES string of the molecule is CNS(=O)(=O)CC(=O)N1CCCC1CN1CCc2ccccc21. The largest absolute Gasteiger partial charge is 0.369 e. The molecule has 1 atom stereocenters. The minimum Gasteiger partial charge on any atom is -0.369 e. The molecule has 1 unspecified atom stereocenters. The molecule has 2 aliphatic rings. The highest BCUT2D eigenvalue weighted by Crippen LogP contribution is 2.29. The summed E-state index contributed by atoms with van der Waals surface area (Å²) < 4.78 is 25.4. The number of sulfonamides is 1. The number of nitrogens with one attached hydrogen (secondary N) is 1. The number of benzene rings is 1. The van der Waals surface area contributed by atoms with Gasteiger partial charge in [0.15, 0.2) is 0 Å². The Morgan fingerprint density at radius 2 is 2.09 bits per heavy atom. The van der Waals surface area contributed by atoms with E-state index >= 15 is 0 Å². The van der Waals surface area contributed by atoms with E-state index in [1.165, 1.54) is 18.3 Å². The first-order chi connectivity index (χ1) is 11.0. The number of hydrogen-bond donors (Lipinski definition) is 1. The zero-order chi connectivity index (χ0) is 16.4. The minimum atomic E-state index is -3.51. The van der Waals surface area contributed by atoms with Gasteiger partial charge in [-0.05, 0) is 37.9 Å². The first-order valence-electron chi connectivity index (χ1n) is 8.04. The molecule has 0 aliphatic carbocycles. The van der Waals surface area contributed by atoms with Gasteiger partial charge in [-0.25, -0.2) is 13.1 Å². The predicted molar refractivity (Wildman–Crippen MR) is 89.9 cm³/mol. The molecule has 7 heteroatoms. The van der Waals surface area contributed by atoms with Gasteiger partial charge in [-0.1, -0.05) is 18.2 Å². The Morgan fingerprint density at radius 3 is 2.87 bits per heavy atom. The van der Waals surface area contributed by atoms with Gasteiger partial charge in [0.05, 0.1) is 0 Å². The minimum absolute atomic E-state index is 0.0979. The molecule has 0 aromatic heterocycles. The van der Waals surface area contributed by atoms with E-state index in [4.69, 9.17) is 0 Å². The fraction of sp³-hybridized carbons (Fsp3) is 0.562. The zero-order valence-electron chi connectivity index (χ0n) is 13.4. The molecular formula is C16H23N3O3S. The van der Waals surface area contributed by atoms with Crippen molar-refractivity contribution in [3.05, 3.63) is 29.8 Å². The van der Waals surface area contributed by atoms with Gasteiger partial charge < -0.3 is 9.80 Å². The average Bonchev–Trinajstić information content (AvgIpc) is 3.15. The molecule has 1 aromatic rings. The Labute approximate surface area is 137 Å². The van der Waals surface area contributed by atoms with Crippen molar-refractivity contribution in [3.63, 3.8) is 0 Å². The quantitative estimate of drug-likeness (QED) is 0.854. The van der Waals surface area contributed by atoms with Crippen molar-refractivity contribution < 1.29 is 13.2 Å². The number of anilines is 1. The molecule has 1 aromatic carbocycles. The van der Waals surface area contributed by atoms with Crippen LogP contribution in [0.25, 0.3) is 0 Å². The highest BCUT2D eigenvalue weighted by atomic mass is 32.2. The molecule has 0 saturated carbocycles. The summed E-state index contributed by atoms with van der Waals surface area (Å²) in [5.41, 5.74) is 2.59. The second-order valence-corrected chi connectivity index (χ2v) is 8.10. The molecule has 23 heavy (non-hydrogen) atoms. The van der Waals surface area contributed by atoms with Crippen LogP contribution in [0.3, 0.4) is 0 Å². The number of rotatable bonds is 5. The third-order valence-corrected chi connectivity index (χ3v) is 5.99. The second kappa shape index (κ2) is 6.49. The summed E-state index contributed by atoms with van der Waals surface area (Å²) in [6, 6.07) is 8.45. The maximum Gasteiger partial charge on any atom is 0.239 e. The summed E-state index contributed by atoms with van der Waals surface area (Å²) in [6.45, 7) is 2.40. The van der Waals surface area contributed by atoms with Gasteiger partial charge in [0.2, 0.25) is 15.9 Å². The van der Waals surface area contributed by atoms with Crippen molar-refractivity contribution in [2.24, 2.45) is 0 Å². The lowest BCUT2D eigenvalue weighted by Gasteiger charge is -2.30. The average molecular weight is 337 g/mol. The highest BCUT2D eigenvalue weighted by molar-refractivity contribution is 7.90. The fourth-order valence-corrected chi connectivity index (χ4v) is 4.16. The summed E-state index contributed by atoms with van der Waals surface area (Å²) in [5, 5.41) is 0. The van der Waals surface area contributed by atoms with Crippen LogP contribution >= 0.6 is 0 Å². The number of para-hydroxylation sites is 1.